The summed E-state index contributed by atoms with van der Waals surface area (Å²) < 4.78 is 5.68. The van der Waals surface area contributed by atoms with Crippen LogP contribution in [0.2, 0.25) is 0 Å². The second-order valence-corrected chi connectivity index (χ2v) is 5.86. The Labute approximate surface area is 149 Å². The molecule has 3 rings (SSSR count). The number of amides is 2. The third kappa shape index (κ3) is 3.08. The highest BCUT2D eigenvalue weighted by Gasteiger charge is 2.34. The maximum Gasteiger partial charge on any atom is 0.272 e. The molecule has 1 atom stereocenters. The lowest BCUT2D eigenvalue weighted by Gasteiger charge is -2.34. The summed E-state index contributed by atoms with van der Waals surface area (Å²) in [5, 5.41) is 13.5. The summed E-state index contributed by atoms with van der Waals surface area (Å²) in [6, 6.07) is 11.1. The van der Waals surface area contributed by atoms with Crippen LogP contribution in [0.15, 0.2) is 42.5 Å². The van der Waals surface area contributed by atoms with Gasteiger partial charge in [0.25, 0.3) is 17.5 Å². The number of hydrogen-bond donors (Lipinski definition) is 1. The van der Waals surface area contributed by atoms with Gasteiger partial charge in [-0.25, -0.2) is 0 Å². The van der Waals surface area contributed by atoms with Crippen LogP contribution in [-0.2, 0) is 4.79 Å². The molecule has 134 valence electrons. The first-order chi connectivity index (χ1) is 12.4. The highest BCUT2D eigenvalue weighted by atomic mass is 16.6. The van der Waals surface area contributed by atoms with Crippen LogP contribution in [0.5, 0.6) is 5.75 Å². The second kappa shape index (κ2) is 6.83. The standard InChI is InChI=1S/C18H17N3O5/c1-11-9-12(7-8-13(11)21(24)25)18(23)20-10-16(17(22)19-2)26-15-6-4-3-5-14(15)20/h3-9,16H,10H2,1-2H3,(H,19,22)/t16-/m1/s1. The number of nitrogens with zero attached hydrogens (tertiary/aromatic N) is 2. The molecule has 0 radical (unpaired) electrons. The van der Waals surface area contributed by atoms with Crippen molar-refractivity contribution in [1.29, 1.82) is 0 Å². The van der Waals surface area contributed by atoms with Gasteiger partial charge in [-0.15, -0.1) is 0 Å². The highest BCUT2D eigenvalue weighted by molar-refractivity contribution is 6.08. The summed E-state index contributed by atoms with van der Waals surface area (Å²) in [6.07, 6.45) is -0.835. The van der Waals surface area contributed by atoms with Crippen molar-refractivity contribution < 1.29 is 19.2 Å². The van der Waals surface area contributed by atoms with Gasteiger partial charge < -0.3 is 15.0 Å². The number of fused-ring (bicyclic) bond motifs is 1. The molecule has 2 amide bonds. The smallest absolute Gasteiger partial charge is 0.272 e. The van der Waals surface area contributed by atoms with E-state index in [-0.39, 0.29) is 24.0 Å². The van der Waals surface area contributed by atoms with Crippen LogP contribution in [0, 0.1) is 17.0 Å². The number of likely N-dealkylation sites (N-methyl/N-ethyl adjacent to an activating group) is 1. The molecule has 0 aliphatic carbocycles. The van der Waals surface area contributed by atoms with Crippen LogP contribution in [0.4, 0.5) is 11.4 Å². The monoisotopic (exact) mass is 355 g/mol. The zero-order valence-electron chi connectivity index (χ0n) is 14.3. The van der Waals surface area contributed by atoms with E-state index in [0.717, 1.165) is 0 Å². The zero-order chi connectivity index (χ0) is 18.8. The van der Waals surface area contributed by atoms with Gasteiger partial charge in [0.1, 0.15) is 5.75 Å². The van der Waals surface area contributed by atoms with Crippen molar-refractivity contribution in [2.24, 2.45) is 0 Å². The Morgan fingerprint density at radius 1 is 1.27 bits per heavy atom. The Morgan fingerprint density at radius 2 is 2.00 bits per heavy atom. The van der Waals surface area contributed by atoms with Crippen molar-refractivity contribution in [2.75, 3.05) is 18.5 Å². The lowest BCUT2D eigenvalue weighted by molar-refractivity contribution is -0.385. The molecule has 0 spiro atoms. The Bertz CT molecular complexity index is 896. The minimum Gasteiger partial charge on any atom is -0.477 e. The molecule has 8 heteroatoms. The number of nitro groups is 1. The summed E-state index contributed by atoms with van der Waals surface area (Å²) in [7, 11) is 1.50. The summed E-state index contributed by atoms with van der Waals surface area (Å²) in [5.41, 5.74) is 1.20. The number of ether oxygens (including phenoxy) is 1. The van der Waals surface area contributed by atoms with Crippen molar-refractivity contribution in [2.45, 2.75) is 13.0 Å². The van der Waals surface area contributed by atoms with E-state index in [0.29, 0.717) is 22.6 Å². The van der Waals surface area contributed by atoms with Crippen molar-refractivity contribution in [3.63, 3.8) is 0 Å². The lowest BCUT2D eigenvalue weighted by Crippen LogP contribution is -2.50. The molecule has 2 aromatic carbocycles. The van der Waals surface area contributed by atoms with Crippen molar-refractivity contribution in [3.05, 3.63) is 63.7 Å². The summed E-state index contributed by atoms with van der Waals surface area (Å²) in [5.74, 6) is -0.260. The van der Waals surface area contributed by atoms with Crippen LogP contribution < -0.4 is 15.0 Å². The molecule has 0 saturated heterocycles. The largest absolute Gasteiger partial charge is 0.477 e. The van der Waals surface area contributed by atoms with Gasteiger partial charge >= 0.3 is 0 Å². The van der Waals surface area contributed by atoms with E-state index in [2.05, 4.69) is 5.32 Å². The Morgan fingerprint density at radius 3 is 2.65 bits per heavy atom. The third-order valence-electron chi connectivity index (χ3n) is 4.20. The quantitative estimate of drug-likeness (QED) is 0.671. The number of carbonyl (C=O) groups is 2. The van der Waals surface area contributed by atoms with Gasteiger partial charge in [-0.2, -0.15) is 0 Å². The fourth-order valence-corrected chi connectivity index (χ4v) is 2.87. The Kier molecular flexibility index (Phi) is 4.57. The zero-order valence-corrected chi connectivity index (χ0v) is 14.3. The molecule has 2 aromatic rings. The normalized spacial score (nSPS) is 15.6. The maximum absolute atomic E-state index is 13.0. The molecular weight excluding hydrogens is 338 g/mol. The number of nitro benzene ring substituents is 1. The number of rotatable bonds is 3. The van der Waals surface area contributed by atoms with E-state index in [4.69, 9.17) is 4.74 Å². The van der Waals surface area contributed by atoms with Gasteiger partial charge in [-0.1, -0.05) is 12.1 Å². The van der Waals surface area contributed by atoms with Crippen LogP contribution in [0.3, 0.4) is 0 Å². The fourth-order valence-electron chi connectivity index (χ4n) is 2.87. The number of anilines is 1. The molecule has 8 nitrogen and oxygen atoms in total. The number of aryl methyl sites for hydroxylation is 1. The van der Waals surface area contributed by atoms with Crippen molar-refractivity contribution in [3.8, 4) is 5.75 Å². The molecule has 26 heavy (non-hydrogen) atoms. The van der Waals surface area contributed by atoms with Gasteiger partial charge in [0, 0.05) is 24.2 Å². The maximum atomic E-state index is 13.0. The lowest BCUT2D eigenvalue weighted by atomic mass is 10.1. The van der Waals surface area contributed by atoms with Gasteiger partial charge in [-0.3, -0.25) is 19.7 Å². The average Bonchev–Trinajstić information content (AvgIpc) is 2.65. The fraction of sp³-hybridized carbons (Fsp3) is 0.222. The van der Waals surface area contributed by atoms with Gasteiger partial charge in [0.2, 0.25) is 0 Å². The molecule has 0 fully saturated rings. The topological polar surface area (TPSA) is 102 Å². The predicted octanol–water partition coefficient (Wildman–Crippen LogP) is 2.06. The molecule has 0 bridgehead atoms. The number of para-hydroxylation sites is 2. The molecule has 0 saturated carbocycles. The van der Waals surface area contributed by atoms with Crippen LogP contribution in [0.25, 0.3) is 0 Å². The summed E-state index contributed by atoms with van der Waals surface area (Å²) in [6.45, 7) is 1.63. The summed E-state index contributed by atoms with van der Waals surface area (Å²) >= 11 is 0. The third-order valence-corrected chi connectivity index (χ3v) is 4.20. The molecule has 0 aromatic heterocycles. The summed E-state index contributed by atoms with van der Waals surface area (Å²) in [4.78, 5) is 37.0. The van der Waals surface area contributed by atoms with Crippen LogP contribution >= 0.6 is 0 Å². The molecule has 1 N–H and O–H groups in total. The first-order valence-electron chi connectivity index (χ1n) is 7.96. The highest BCUT2D eigenvalue weighted by Crippen LogP contribution is 2.34. The van der Waals surface area contributed by atoms with E-state index in [9.17, 15) is 19.7 Å². The van der Waals surface area contributed by atoms with E-state index in [1.54, 1.807) is 31.2 Å². The van der Waals surface area contributed by atoms with E-state index >= 15 is 0 Å². The molecule has 1 aliphatic heterocycles. The molecule has 1 heterocycles. The second-order valence-electron chi connectivity index (χ2n) is 5.86. The number of carbonyl (C=O) groups excluding carboxylic acids is 2. The SMILES string of the molecule is CNC(=O)[C@H]1CN(C(=O)c2ccc([N+](=O)[O-])c(C)c2)c2ccccc2O1. The van der Waals surface area contributed by atoms with E-state index < -0.39 is 11.0 Å². The first-order valence-corrected chi connectivity index (χ1v) is 7.96. The van der Waals surface area contributed by atoms with Gasteiger partial charge in [0.15, 0.2) is 6.10 Å². The van der Waals surface area contributed by atoms with Crippen molar-refractivity contribution in [1.82, 2.24) is 5.32 Å². The Balaban J connectivity index is 1.98. The number of benzene rings is 2. The molecule has 0 unspecified atom stereocenters. The van der Waals surface area contributed by atoms with E-state index in [1.165, 1.54) is 30.1 Å². The molecular formula is C18H17N3O5. The van der Waals surface area contributed by atoms with E-state index in [1.807, 2.05) is 0 Å². The van der Waals surface area contributed by atoms with Gasteiger partial charge in [-0.05, 0) is 31.2 Å². The molecule has 1 aliphatic rings. The average molecular weight is 355 g/mol. The van der Waals surface area contributed by atoms with Crippen molar-refractivity contribution >= 4 is 23.2 Å². The number of hydrogen-bond acceptors (Lipinski definition) is 5. The van der Waals surface area contributed by atoms with Crippen LogP contribution in [0.1, 0.15) is 15.9 Å². The first kappa shape index (κ1) is 17.4. The van der Waals surface area contributed by atoms with Gasteiger partial charge in [0.05, 0.1) is 17.2 Å². The number of nitrogens with one attached hydrogen (secondary N) is 1. The Hall–Kier alpha value is -3.42. The van der Waals surface area contributed by atoms with Crippen LogP contribution in [-0.4, -0.2) is 36.4 Å². The predicted molar refractivity (Wildman–Crippen MR) is 94.4 cm³/mol. The minimum absolute atomic E-state index is 0.0472. The minimum atomic E-state index is -0.835.